The molecule has 0 bridgehead atoms. The largest absolute Gasteiger partial charge is 0.387 e. The summed E-state index contributed by atoms with van der Waals surface area (Å²) in [5.41, 5.74) is 2.40. The van der Waals surface area contributed by atoms with Crippen LogP contribution in [0.1, 0.15) is 30.1 Å². The standard InChI is InChI=1S/C18H22N4O/c23-18-15-5-2-1-4-13(15)12-16(18)22-10-7-14(8-11-22)20-17-6-3-9-19-21-17/h1-6,9,14,16,18,23H,7-8,10-12H2,(H,20,21). The molecule has 23 heavy (non-hydrogen) atoms. The number of nitrogens with zero attached hydrogens (tertiary/aromatic N) is 3. The van der Waals surface area contributed by atoms with Crippen LogP contribution in [0, 0.1) is 0 Å². The second kappa shape index (κ2) is 6.26. The molecule has 5 heteroatoms. The molecule has 4 rings (SSSR count). The number of hydrogen-bond donors (Lipinski definition) is 2. The van der Waals surface area contributed by atoms with E-state index < -0.39 is 0 Å². The average Bonchev–Trinajstić information content (AvgIpc) is 2.94. The molecule has 0 saturated carbocycles. The first kappa shape index (κ1) is 14.6. The summed E-state index contributed by atoms with van der Waals surface area (Å²) in [4.78, 5) is 2.44. The number of hydrogen-bond acceptors (Lipinski definition) is 5. The number of nitrogens with one attached hydrogen (secondary N) is 1. The molecule has 2 aromatic rings. The molecular weight excluding hydrogens is 288 g/mol. The summed E-state index contributed by atoms with van der Waals surface area (Å²) in [6, 6.07) is 12.8. The van der Waals surface area contributed by atoms with Crippen LogP contribution in [0.3, 0.4) is 0 Å². The summed E-state index contributed by atoms with van der Waals surface area (Å²) < 4.78 is 0. The van der Waals surface area contributed by atoms with Crippen molar-refractivity contribution < 1.29 is 5.11 Å². The average molecular weight is 310 g/mol. The number of rotatable bonds is 3. The maximum Gasteiger partial charge on any atom is 0.148 e. The molecule has 1 aromatic heterocycles. The first-order valence-electron chi connectivity index (χ1n) is 8.35. The number of benzene rings is 1. The SMILES string of the molecule is OC1c2ccccc2CC1N1CCC(Nc2cccnn2)CC1. The minimum Gasteiger partial charge on any atom is -0.387 e. The maximum atomic E-state index is 10.6. The summed E-state index contributed by atoms with van der Waals surface area (Å²) in [6.45, 7) is 2.02. The van der Waals surface area contributed by atoms with Gasteiger partial charge in [0.1, 0.15) is 5.82 Å². The molecule has 5 nitrogen and oxygen atoms in total. The fourth-order valence-corrected chi connectivity index (χ4v) is 3.84. The molecule has 1 aromatic carbocycles. The monoisotopic (exact) mass is 310 g/mol. The highest BCUT2D eigenvalue weighted by molar-refractivity contribution is 5.36. The van der Waals surface area contributed by atoms with Gasteiger partial charge in [-0.25, -0.2) is 0 Å². The van der Waals surface area contributed by atoms with E-state index in [1.165, 1.54) is 5.56 Å². The van der Waals surface area contributed by atoms with Crippen LogP contribution in [0.15, 0.2) is 42.6 Å². The van der Waals surface area contributed by atoms with E-state index in [0.717, 1.165) is 43.7 Å². The highest BCUT2D eigenvalue weighted by atomic mass is 16.3. The summed E-state index contributed by atoms with van der Waals surface area (Å²) in [5.74, 6) is 0.847. The molecule has 1 aliphatic carbocycles. The van der Waals surface area contributed by atoms with Crippen molar-refractivity contribution in [2.45, 2.75) is 37.5 Å². The third-order valence-electron chi connectivity index (χ3n) is 5.09. The minimum absolute atomic E-state index is 0.227. The Morgan fingerprint density at radius 2 is 1.91 bits per heavy atom. The predicted octanol–water partition coefficient (Wildman–Crippen LogP) is 2.01. The minimum atomic E-state index is -0.351. The molecule has 2 N–H and O–H groups in total. The normalized spacial score (nSPS) is 25.3. The van der Waals surface area contributed by atoms with Crippen LogP contribution in [0.4, 0.5) is 5.82 Å². The number of aromatic nitrogens is 2. The number of likely N-dealkylation sites (tertiary alicyclic amines) is 1. The number of anilines is 1. The molecule has 120 valence electrons. The Morgan fingerprint density at radius 3 is 2.65 bits per heavy atom. The van der Waals surface area contributed by atoms with Crippen molar-refractivity contribution >= 4 is 5.82 Å². The Kier molecular flexibility index (Phi) is 3.97. The lowest BCUT2D eigenvalue weighted by Gasteiger charge is -2.37. The molecule has 1 fully saturated rings. The van der Waals surface area contributed by atoms with Crippen molar-refractivity contribution in [1.29, 1.82) is 0 Å². The highest BCUT2D eigenvalue weighted by Crippen LogP contribution is 2.35. The zero-order chi connectivity index (χ0) is 15.6. The van der Waals surface area contributed by atoms with Gasteiger partial charge in [-0.3, -0.25) is 4.90 Å². The van der Waals surface area contributed by atoms with Crippen LogP contribution in [0.2, 0.25) is 0 Å². The molecule has 0 radical (unpaired) electrons. The molecule has 2 heterocycles. The lowest BCUT2D eigenvalue weighted by molar-refractivity contribution is 0.0474. The van der Waals surface area contributed by atoms with Crippen LogP contribution in [-0.2, 0) is 6.42 Å². The maximum absolute atomic E-state index is 10.6. The topological polar surface area (TPSA) is 61.3 Å². The molecule has 1 aliphatic heterocycles. The molecule has 0 spiro atoms. The van der Waals surface area contributed by atoms with E-state index in [1.807, 2.05) is 18.2 Å². The first-order valence-corrected chi connectivity index (χ1v) is 8.35. The van der Waals surface area contributed by atoms with Crippen molar-refractivity contribution in [1.82, 2.24) is 15.1 Å². The number of aliphatic hydroxyl groups is 1. The van der Waals surface area contributed by atoms with Crippen LogP contribution in [0.25, 0.3) is 0 Å². The van der Waals surface area contributed by atoms with E-state index in [2.05, 4.69) is 38.6 Å². The summed E-state index contributed by atoms with van der Waals surface area (Å²) in [6.07, 6.45) is 4.43. The van der Waals surface area contributed by atoms with Crippen molar-refractivity contribution in [2.24, 2.45) is 0 Å². The van der Waals surface area contributed by atoms with Crippen LogP contribution in [0.5, 0.6) is 0 Å². The van der Waals surface area contributed by atoms with Crippen molar-refractivity contribution in [2.75, 3.05) is 18.4 Å². The Labute approximate surface area is 136 Å². The fraction of sp³-hybridized carbons (Fsp3) is 0.444. The van der Waals surface area contributed by atoms with Gasteiger partial charge < -0.3 is 10.4 Å². The van der Waals surface area contributed by atoms with E-state index in [4.69, 9.17) is 0 Å². The summed E-state index contributed by atoms with van der Waals surface area (Å²) >= 11 is 0. The summed E-state index contributed by atoms with van der Waals surface area (Å²) in [7, 11) is 0. The molecular formula is C18H22N4O. The van der Waals surface area contributed by atoms with Gasteiger partial charge in [0.25, 0.3) is 0 Å². The lowest BCUT2D eigenvalue weighted by atomic mass is 10.0. The molecule has 2 atom stereocenters. The third kappa shape index (κ3) is 2.94. The van der Waals surface area contributed by atoms with Crippen LogP contribution < -0.4 is 5.32 Å². The second-order valence-corrected chi connectivity index (χ2v) is 6.48. The Hall–Kier alpha value is -1.98. The lowest BCUT2D eigenvalue weighted by Crippen LogP contribution is -2.46. The van der Waals surface area contributed by atoms with Gasteiger partial charge in [0.15, 0.2) is 0 Å². The quantitative estimate of drug-likeness (QED) is 0.908. The molecule has 1 saturated heterocycles. The molecule has 2 aliphatic rings. The van der Waals surface area contributed by atoms with Gasteiger partial charge in [-0.15, -0.1) is 5.10 Å². The predicted molar refractivity (Wildman–Crippen MR) is 89.1 cm³/mol. The number of piperidine rings is 1. The fourth-order valence-electron chi connectivity index (χ4n) is 3.84. The second-order valence-electron chi connectivity index (χ2n) is 6.48. The third-order valence-corrected chi connectivity index (χ3v) is 5.09. The molecule has 0 amide bonds. The smallest absolute Gasteiger partial charge is 0.148 e. The highest BCUT2D eigenvalue weighted by Gasteiger charge is 2.36. The molecule has 2 unspecified atom stereocenters. The first-order chi connectivity index (χ1) is 11.3. The van der Waals surface area contributed by atoms with Crippen molar-refractivity contribution in [3.05, 3.63) is 53.7 Å². The summed E-state index contributed by atoms with van der Waals surface area (Å²) in [5, 5.41) is 22.1. The van der Waals surface area contributed by atoms with Crippen LogP contribution in [-0.4, -0.2) is 45.4 Å². The Bertz CT molecular complexity index is 655. The Morgan fingerprint density at radius 1 is 1.09 bits per heavy atom. The van der Waals surface area contributed by atoms with Gasteiger partial charge >= 0.3 is 0 Å². The van der Waals surface area contributed by atoms with E-state index in [0.29, 0.717) is 6.04 Å². The van der Waals surface area contributed by atoms with Crippen molar-refractivity contribution in [3.63, 3.8) is 0 Å². The van der Waals surface area contributed by atoms with Gasteiger partial charge in [-0.1, -0.05) is 24.3 Å². The van der Waals surface area contributed by atoms with Crippen molar-refractivity contribution in [3.8, 4) is 0 Å². The van der Waals surface area contributed by atoms with Gasteiger partial charge in [0, 0.05) is 31.4 Å². The zero-order valence-electron chi connectivity index (χ0n) is 13.1. The van der Waals surface area contributed by atoms with E-state index >= 15 is 0 Å². The van der Waals surface area contributed by atoms with Gasteiger partial charge in [0.2, 0.25) is 0 Å². The number of fused-ring (bicyclic) bond motifs is 1. The number of aliphatic hydroxyl groups excluding tert-OH is 1. The van der Waals surface area contributed by atoms with E-state index in [9.17, 15) is 5.11 Å². The van der Waals surface area contributed by atoms with Gasteiger partial charge in [-0.05, 0) is 42.5 Å². The zero-order valence-corrected chi connectivity index (χ0v) is 13.1. The Balaban J connectivity index is 1.36. The van der Waals surface area contributed by atoms with Gasteiger partial charge in [-0.2, -0.15) is 5.10 Å². The van der Waals surface area contributed by atoms with E-state index in [-0.39, 0.29) is 12.1 Å². The van der Waals surface area contributed by atoms with E-state index in [1.54, 1.807) is 6.20 Å². The van der Waals surface area contributed by atoms with Gasteiger partial charge in [0.05, 0.1) is 6.10 Å². The van der Waals surface area contributed by atoms with Crippen LogP contribution >= 0.6 is 0 Å².